The number of hydrogen-bond acceptors (Lipinski definition) is 5. The molecule has 0 unspecified atom stereocenters. The van der Waals surface area contributed by atoms with Crippen molar-refractivity contribution in [2.75, 3.05) is 19.0 Å². The fourth-order valence-electron chi connectivity index (χ4n) is 2.77. The van der Waals surface area contributed by atoms with Gasteiger partial charge >= 0.3 is 5.97 Å². The molecule has 27 heavy (non-hydrogen) atoms. The molecule has 0 fully saturated rings. The normalized spacial score (nSPS) is 10.7. The molecule has 0 aliphatic heterocycles. The summed E-state index contributed by atoms with van der Waals surface area (Å²) in [4.78, 5) is 24.4. The van der Waals surface area contributed by atoms with Gasteiger partial charge in [-0.25, -0.2) is 4.79 Å². The van der Waals surface area contributed by atoms with Crippen molar-refractivity contribution in [3.05, 3.63) is 65.4 Å². The first-order valence-corrected chi connectivity index (χ1v) is 8.67. The average Bonchev–Trinajstić information content (AvgIpc) is 3.06. The minimum absolute atomic E-state index is 0.0538. The van der Waals surface area contributed by atoms with E-state index in [4.69, 9.17) is 13.9 Å². The second kappa shape index (κ2) is 8.51. The van der Waals surface area contributed by atoms with Crippen LogP contribution in [0.4, 0.5) is 5.69 Å². The lowest BCUT2D eigenvalue weighted by Crippen LogP contribution is -2.21. The third kappa shape index (κ3) is 4.35. The summed E-state index contributed by atoms with van der Waals surface area (Å²) in [5.41, 5.74) is 3.00. The zero-order valence-corrected chi connectivity index (χ0v) is 15.3. The number of benzene rings is 2. The maximum absolute atomic E-state index is 12.4. The number of fused-ring (bicyclic) bond motifs is 1. The zero-order valence-electron chi connectivity index (χ0n) is 15.3. The van der Waals surface area contributed by atoms with Crippen LogP contribution in [0.15, 0.2) is 52.9 Å². The highest BCUT2D eigenvalue weighted by atomic mass is 16.5. The summed E-state index contributed by atoms with van der Waals surface area (Å²) >= 11 is 0. The second-order valence-electron chi connectivity index (χ2n) is 6.01. The number of amides is 1. The van der Waals surface area contributed by atoms with Crippen LogP contribution < -0.4 is 5.32 Å². The van der Waals surface area contributed by atoms with Crippen LogP contribution in [-0.4, -0.2) is 25.6 Å². The van der Waals surface area contributed by atoms with E-state index >= 15 is 0 Å². The summed E-state index contributed by atoms with van der Waals surface area (Å²) in [6, 6.07) is 14.8. The maximum atomic E-state index is 12.4. The molecule has 0 saturated heterocycles. The lowest BCUT2D eigenvalue weighted by atomic mass is 10.1. The number of esters is 1. The Bertz CT molecular complexity index is 943. The van der Waals surface area contributed by atoms with E-state index in [9.17, 15) is 9.59 Å². The van der Waals surface area contributed by atoms with Gasteiger partial charge in [0, 0.05) is 23.7 Å². The van der Waals surface area contributed by atoms with Crippen molar-refractivity contribution in [1.29, 1.82) is 0 Å². The number of rotatable bonds is 7. The molecule has 1 aromatic heterocycles. The first-order valence-electron chi connectivity index (χ1n) is 8.67. The lowest BCUT2D eigenvalue weighted by molar-refractivity contribution is -0.119. The van der Waals surface area contributed by atoms with Crippen molar-refractivity contribution in [3.63, 3.8) is 0 Å². The Morgan fingerprint density at radius 2 is 1.81 bits per heavy atom. The van der Waals surface area contributed by atoms with Gasteiger partial charge in [0.25, 0.3) is 5.91 Å². The summed E-state index contributed by atoms with van der Waals surface area (Å²) in [7, 11) is 1.54. The van der Waals surface area contributed by atoms with E-state index in [0.717, 1.165) is 11.8 Å². The summed E-state index contributed by atoms with van der Waals surface area (Å²) < 4.78 is 15.9. The Balaban J connectivity index is 1.65. The average molecular weight is 367 g/mol. The first kappa shape index (κ1) is 18.7. The molecule has 1 N–H and O–H groups in total. The van der Waals surface area contributed by atoms with E-state index in [1.165, 1.54) is 12.7 Å². The van der Waals surface area contributed by atoms with Gasteiger partial charge in [-0.3, -0.25) is 4.79 Å². The largest absolute Gasteiger partial charge is 0.450 e. The number of hydrogen-bond donors (Lipinski definition) is 1. The minimum atomic E-state index is -0.699. The van der Waals surface area contributed by atoms with Gasteiger partial charge in [0.2, 0.25) is 5.76 Å². The van der Waals surface area contributed by atoms with E-state index in [1.807, 2.05) is 42.5 Å². The number of para-hydroxylation sites is 1. The quantitative estimate of drug-likeness (QED) is 0.640. The van der Waals surface area contributed by atoms with Crippen molar-refractivity contribution in [2.24, 2.45) is 0 Å². The molecule has 0 atom stereocenters. The van der Waals surface area contributed by atoms with Gasteiger partial charge in [0.05, 0.1) is 6.61 Å². The predicted molar refractivity (Wildman–Crippen MR) is 102 cm³/mol. The van der Waals surface area contributed by atoms with E-state index in [0.29, 0.717) is 16.8 Å². The van der Waals surface area contributed by atoms with Crippen LogP contribution in [0.5, 0.6) is 0 Å². The van der Waals surface area contributed by atoms with Crippen LogP contribution in [0.2, 0.25) is 0 Å². The molecule has 140 valence electrons. The molecule has 0 aliphatic carbocycles. The molecule has 3 aromatic rings. The molecule has 0 aliphatic rings. The number of ether oxygens (including phenoxy) is 2. The summed E-state index contributed by atoms with van der Waals surface area (Å²) in [5.74, 6) is -1.06. The third-order valence-electron chi connectivity index (χ3n) is 4.15. The molecule has 0 bridgehead atoms. The van der Waals surface area contributed by atoms with Crippen molar-refractivity contribution in [1.82, 2.24) is 0 Å². The fourth-order valence-corrected chi connectivity index (χ4v) is 2.77. The lowest BCUT2D eigenvalue weighted by Gasteiger charge is -2.07. The molecular formula is C21H21NO5. The summed E-state index contributed by atoms with van der Waals surface area (Å²) in [6.45, 7) is 1.86. The van der Waals surface area contributed by atoms with Crippen LogP contribution in [-0.2, 0) is 27.3 Å². The zero-order chi connectivity index (χ0) is 19.2. The standard InChI is InChI=1S/C21H21NO5/c1-3-14-8-10-15(11-9-14)22-19(23)13-26-21(24)20-17(12-25-2)16-6-4-5-7-18(16)27-20/h4-11H,3,12-13H2,1-2H3,(H,22,23). The smallest absolute Gasteiger partial charge is 0.375 e. The predicted octanol–water partition coefficient (Wildman–Crippen LogP) is 3.94. The van der Waals surface area contributed by atoms with Gasteiger partial charge in [0.1, 0.15) is 5.58 Å². The van der Waals surface area contributed by atoms with Crippen molar-refractivity contribution < 1.29 is 23.5 Å². The Morgan fingerprint density at radius 3 is 2.52 bits per heavy atom. The summed E-state index contributed by atoms with van der Waals surface area (Å²) in [6.07, 6.45) is 0.924. The molecule has 0 spiro atoms. The van der Waals surface area contributed by atoms with Gasteiger partial charge in [-0.1, -0.05) is 37.3 Å². The molecule has 1 heterocycles. The van der Waals surface area contributed by atoms with Crippen molar-refractivity contribution >= 4 is 28.5 Å². The minimum Gasteiger partial charge on any atom is -0.450 e. The van der Waals surface area contributed by atoms with Gasteiger partial charge < -0.3 is 19.2 Å². The number of carbonyl (C=O) groups excluding carboxylic acids is 2. The van der Waals surface area contributed by atoms with Gasteiger partial charge in [0.15, 0.2) is 6.61 Å². The fraction of sp³-hybridized carbons (Fsp3) is 0.238. The SMILES string of the molecule is CCc1ccc(NC(=O)COC(=O)c2oc3ccccc3c2COC)cc1. The third-order valence-corrected chi connectivity index (χ3v) is 4.15. The van der Waals surface area contributed by atoms with E-state index in [-0.39, 0.29) is 12.4 Å². The monoisotopic (exact) mass is 367 g/mol. The number of methoxy groups -OCH3 is 1. The van der Waals surface area contributed by atoms with Crippen LogP contribution >= 0.6 is 0 Å². The number of carbonyl (C=O) groups is 2. The van der Waals surface area contributed by atoms with Gasteiger partial charge in [-0.2, -0.15) is 0 Å². The van der Waals surface area contributed by atoms with Crippen LogP contribution in [0, 0.1) is 0 Å². The van der Waals surface area contributed by atoms with Crippen LogP contribution in [0.3, 0.4) is 0 Å². The van der Waals surface area contributed by atoms with Crippen LogP contribution in [0.25, 0.3) is 11.0 Å². The Labute approximate surface area is 157 Å². The second-order valence-corrected chi connectivity index (χ2v) is 6.01. The van der Waals surface area contributed by atoms with E-state index < -0.39 is 18.5 Å². The molecule has 1 amide bonds. The molecule has 6 nitrogen and oxygen atoms in total. The Hall–Kier alpha value is -3.12. The van der Waals surface area contributed by atoms with Gasteiger partial charge in [-0.05, 0) is 30.2 Å². The molecule has 6 heteroatoms. The first-order chi connectivity index (χ1) is 13.1. The molecular weight excluding hydrogens is 346 g/mol. The van der Waals surface area contributed by atoms with Crippen molar-refractivity contribution in [2.45, 2.75) is 20.0 Å². The maximum Gasteiger partial charge on any atom is 0.375 e. The molecule has 0 radical (unpaired) electrons. The summed E-state index contributed by atoms with van der Waals surface area (Å²) in [5, 5.41) is 3.48. The van der Waals surface area contributed by atoms with E-state index in [1.54, 1.807) is 6.07 Å². The molecule has 3 rings (SSSR count). The highest BCUT2D eigenvalue weighted by molar-refractivity contribution is 5.98. The highest BCUT2D eigenvalue weighted by Gasteiger charge is 2.22. The number of anilines is 1. The highest BCUT2D eigenvalue weighted by Crippen LogP contribution is 2.27. The number of aryl methyl sites for hydroxylation is 1. The number of nitrogens with one attached hydrogen (secondary N) is 1. The topological polar surface area (TPSA) is 77.8 Å². The Morgan fingerprint density at radius 1 is 1.07 bits per heavy atom. The van der Waals surface area contributed by atoms with Gasteiger partial charge in [-0.15, -0.1) is 0 Å². The Kier molecular flexibility index (Phi) is 5.88. The molecule has 2 aromatic carbocycles. The van der Waals surface area contributed by atoms with Crippen molar-refractivity contribution in [3.8, 4) is 0 Å². The molecule has 0 saturated carbocycles. The number of furan rings is 1. The van der Waals surface area contributed by atoms with E-state index in [2.05, 4.69) is 12.2 Å². The van der Waals surface area contributed by atoms with Crippen LogP contribution in [0.1, 0.15) is 28.6 Å².